The van der Waals surface area contributed by atoms with E-state index in [1.54, 1.807) is 18.3 Å². The number of likely N-dealkylation sites (tertiary alicyclic amines) is 1. The van der Waals surface area contributed by atoms with Gasteiger partial charge in [0, 0.05) is 25.3 Å². The van der Waals surface area contributed by atoms with Crippen molar-refractivity contribution < 1.29 is 4.79 Å². The summed E-state index contributed by atoms with van der Waals surface area (Å²) in [6.45, 7) is 7.33. The number of carbonyl (C=O) groups is 1. The molecule has 0 saturated carbocycles. The highest BCUT2D eigenvalue weighted by molar-refractivity contribution is 7.09. The molecule has 88 valence electrons. The molecule has 1 fully saturated rings. The Morgan fingerprint density at radius 2 is 2.50 bits per heavy atom. The molecule has 16 heavy (non-hydrogen) atoms. The summed E-state index contributed by atoms with van der Waals surface area (Å²) in [6.07, 6.45) is 2.30. The van der Waals surface area contributed by atoms with Gasteiger partial charge in [-0.2, -0.15) is 0 Å². The number of rotatable bonds is 4. The van der Waals surface area contributed by atoms with Gasteiger partial charge in [0.1, 0.15) is 5.69 Å². The van der Waals surface area contributed by atoms with Crippen LogP contribution in [-0.4, -0.2) is 35.3 Å². The van der Waals surface area contributed by atoms with Gasteiger partial charge in [0.2, 0.25) is 0 Å². The highest BCUT2D eigenvalue weighted by Crippen LogP contribution is 2.22. The Morgan fingerprint density at radius 3 is 3.06 bits per heavy atom. The van der Waals surface area contributed by atoms with E-state index < -0.39 is 0 Å². The second kappa shape index (κ2) is 5.06. The van der Waals surface area contributed by atoms with E-state index >= 15 is 0 Å². The number of ketones is 1. The Hall–Kier alpha value is -0.740. The third-order valence-electron chi connectivity index (χ3n) is 3.19. The van der Waals surface area contributed by atoms with Crippen molar-refractivity contribution in [2.75, 3.05) is 19.6 Å². The number of aromatic nitrogens is 1. The smallest absolute Gasteiger partial charge is 0.178 e. The Morgan fingerprint density at radius 1 is 1.69 bits per heavy atom. The fourth-order valence-corrected chi connectivity index (χ4v) is 3.13. The minimum atomic E-state index is 0.0732. The number of carbonyl (C=O) groups excluding carboxylic acids is 1. The van der Waals surface area contributed by atoms with Crippen molar-refractivity contribution in [3.8, 4) is 0 Å². The van der Waals surface area contributed by atoms with Crippen LogP contribution in [0.4, 0.5) is 0 Å². The van der Waals surface area contributed by atoms with Gasteiger partial charge in [-0.3, -0.25) is 4.79 Å². The summed E-state index contributed by atoms with van der Waals surface area (Å²) in [6, 6.07) is 0. The summed E-state index contributed by atoms with van der Waals surface area (Å²) in [5, 5.41) is 3.00. The summed E-state index contributed by atoms with van der Waals surface area (Å²) >= 11 is 1.62. The lowest BCUT2D eigenvalue weighted by molar-refractivity contribution is 0.101. The zero-order valence-corrected chi connectivity index (χ0v) is 10.7. The van der Waals surface area contributed by atoms with E-state index in [4.69, 9.17) is 0 Å². The first-order valence-electron chi connectivity index (χ1n) is 5.86. The third kappa shape index (κ3) is 2.68. The van der Waals surface area contributed by atoms with Crippen molar-refractivity contribution in [2.24, 2.45) is 5.92 Å². The quantitative estimate of drug-likeness (QED) is 0.754. The van der Waals surface area contributed by atoms with Crippen LogP contribution in [0.15, 0.2) is 5.38 Å². The molecular formula is C12H18N2OS. The zero-order valence-electron chi connectivity index (χ0n) is 9.90. The molecule has 1 aliphatic heterocycles. The number of Topliss-reactive ketones (excluding diaryl/α,β-unsaturated/α-hetero) is 1. The molecule has 0 radical (unpaired) electrons. The van der Waals surface area contributed by atoms with Gasteiger partial charge in [0.15, 0.2) is 5.78 Å². The van der Waals surface area contributed by atoms with Gasteiger partial charge >= 0.3 is 0 Å². The van der Waals surface area contributed by atoms with Crippen molar-refractivity contribution in [3.05, 3.63) is 16.1 Å². The summed E-state index contributed by atoms with van der Waals surface area (Å²) in [5.74, 6) is 0.801. The van der Waals surface area contributed by atoms with Gasteiger partial charge < -0.3 is 4.90 Å². The van der Waals surface area contributed by atoms with Crippen LogP contribution < -0.4 is 0 Å². The molecule has 0 aliphatic carbocycles. The minimum Gasteiger partial charge on any atom is -0.303 e. The molecule has 0 amide bonds. The molecule has 1 aliphatic rings. The van der Waals surface area contributed by atoms with Crippen LogP contribution >= 0.6 is 11.3 Å². The molecule has 0 spiro atoms. The van der Waals surface area contributed by atoms with E-state index in [1.807, 2.05) is 5.38 Å². The maximum atomic E-state index is 11.1. The molecule has 0 aromatic carbocycles. The number of nitrogens with zero attached hydrogens (tertiary/aromatic N) is 2. The van der Waals surface area contributed by atoms with E-state index in [9.17, 15) is 4.79 Å². The largest absolute Gasteiger partial charge is 0.303 e. The monoisotopic (exact) mass is 238 g/mol. The molecule has 1 aromatic heterocycles. The second-order valence-corrected chi connectivity index (χ2v) is 5.38. The van der Waals surface area contributed by atoms with Crippen LogP contribution in [0.3, 0.4) is 0 Å². The van der Waals surface area contributed by atoms with Crippen molar-refractivity contribution in [1.82, 2.24) is 9.88 Å². The van der Waals surface area contributed by atoms with Gasteiger partial charge in [-0.05, 0) is 25.4 Å². The minimum absolute atomic E-state index is 0.0732. The molecule has 2 heterocycles. The van der Waals surface area contributed by atoms with E-state index in [2.05, 4.69) is 16.8 Å². The topological polar surface area (TPSA) is 33.2 Å². The molecule has 0 N–H and O–H groups in total. The van der Waals surface area contributed by atoms with E-state index in [0.717, 1.165) is 23.9 Å². The van der Waals surface area contributed by atoms with Gasteiger partial charge in [-0.15, -0.1) is 11.3 Å². The summed E-state index contributed by atoms with van der Waals surface area (Å²) < 4.78 is 0. The predicted molar refractivity (Wildman–Crippen MR) is 66.0 cm³/mol. The molecule has 2 rings (SSSR count). The summed E-state index contributed by atoms with van der Waals surface area (Å²) in [7, 11) is 0. The molecule has 1 saturated heterocycles. The second-order valence-electron chi connectivity index (χ2n) is 4.43. The Bertz CT molecular complexity index is 375. The molecule has 4 heteroatoms. The van der Waals surface area contributed by atoms with Gasteiger partial charge in [0.05, 0.1) is 5.01 Å². The van der Waals surface area contributed by atoms with Crippen LogP contribution in [-0.2, 0) is 6.42 Å². The maximum Gasteiger partial charge on any atom is 0.178 e. The molecule has 3 nitrogen and oxygen atoms in total. The normalized spacial score (nSPS) is 21.5. The lowest BCUT2D eigenvalue weighted by Crippen LogP contribution is -2.20. The van der Waals surface area contributed by atoms with Crippen LogP contribution in [0.2, 0.25) is 0 Å². The van der Waals surface area contributed by atoms with Crippen LogP contribution in [0, 0.1) is 5.92 Å². The lowest BCUT2D eigenvalue weighted by atomic mass is 10.1. The summed E-state index contributed by atoms with van der Waals surface area (Å²) in [4.78, 5) is 18.0. The van der Waals surface area contributed by atoms with Crippen molar-refractivity contribution >= 4 is 17.1 Å². The van der Waals surface area contributed by atoms with Gasteiger partial charge in [-0.1, -0.05) is 6.92 Å². The first-order chi connectivity index (χ1) is 7.69. The lowest BCUT2D eigenvalue weighted by Gasteiger charge is -2.11. The number of thiazole rings is 1. The standard InChI is InChI=1S/C12H18N2OS/c1-3-14-5-4-10(7-14)6-12-13-11(8-16-12)9(2)15/h8,10H,3-7H2,1-2H3. The fraction of sp³-hybridized carbons (Fsp3) is 0.667. The molecular weight excluding hydrogens is 220 g/mol. The molecule has 1 unspecified atom stereocenters. The average Bonchev–Trinajstić information content (AvgIpc) is 2.87. The highest BCUT2D eigenvalue weighted by atomic mass is 32.1. The van der Waals surface area contributed by atoms with Crippen LogP contribution in [0.1, 0.15) is 35.8 Å². The third-order valence-corrected chi connectivity index (χ3v) is 4.06. The van der Waals surface area contributed by atoms with E-state index in [1.165, 1.54) is 19.5 Å². The Labute approximate surface area is 100 Å². The summed E-state index contributed by atoms with van der Waals surface area (Å²) in [5.41, 5.74) is 0.630. The van der Waals surface area contributed by atoms with Gasteiger partial charge in [0.25, 0.3) is 0 Å². The maximum absolute atomic E-state index is 11.1. The predicted octanol–water partition coefficient (Wildman–Crippen LogP) is 2.23. The van der Waals surface area contributed by atoms with Crippen molar-refractivity contribution in [3.63, 3.8) is 0 Å². The zero-order chi connectivity index (χ0) is 11.5. The van der Waals surface area contributed by atoms with Crippen LogP contribution in [0.5, 0.6) is 0 Å². The Balaban J connectivity index is 1.92. The first kappa shape index (κ1) is 11.7. The Kier molecular flexibility index (Phi) is 3.71. The fourth-order valence-electron chi connectivity index (χ4n) is 2.18. The molecule has 1 atom stereocenters. The highest BCUT2D eigenvalue weighted by Gasteiger charge is 2.22. The number of hydrogen-bond donors (Lipinski definition) is 0. The average molecular weight is 238 g/mol. The molecule has 1 aromatic rings. The van der Waals surface area contributed by atoms with E-state index in [-0.39, 0.29) is 5.78 Å². The van der Waals surface area contributed by atoms with E-state index in [0.29, 0.717) is 5.69 Å². The van der Waals surface area contributed by atoms with Crippen molar-refractivity contribution in [1.29, 1.82) is 0 Å². The van der Waals surface area contributed by atoms with Crippen LogP contribution in [0.25, 0.3) is 0 Å². The number of hydrogen-bond acceptors (Lipinski definition) is 4. The van der Waals surface area contributed by atoms with Crippen molar-refractivity contribution in [2.45, 2.75) is 26.7 Å². The SMILES string of the molecule is CCN1CCC(Cc2nc(C(C)=O)cs2)C1. The first-order valence-corrected chi connectivity index (χ1v) is 6.74. The molecule has 0 bridgehead atoms. The van der Waals surface area contributed by atoms with Gasteiger partial charge in [-0.25, -0.2) is 4.98 Å².